The van der Waals surface area contributed by atoms with Gasteiger partial charge in [-0.05, 0) is 31.5 Å². The summed E-state index contributed by atoms with van der Waals surface area (Å²) in [6, 6.07) is 4.91. The van der Waals surface area contributed by atoms with Gasteiger partial charge in [0.05, 0.1) is 5.02 Å². The van der Waals surface area contributed by atoms with Gasteiger partial charge in [-0.15, -0.1) is 0 Å². The number of hydrogen-bond donors (Lipinski definition) is 1. The van der Waals surface area contributed by atoms with Crippen molar-refractivity contribution >= 4 is 29.1 Å². The molecule has 0 bridgehead atoms. The van der Waals surface area contributed by atoms with Crippen molar-refractivity contribution in [3.05, 3.63) is 28.2 Å². The highest BCUT2D eigenvalue weighted by atomic mass is 35.5. The van der Waals surface area contributed by atoms with Crippen LogP contribution in [0.3, 0.4) is 0 Å². The molecule has 0 aliphatic heterocycles. The Bertz CT molecular complexity index is 410. The van der Waals surface area contributed by atoms with Crippen molar-refractivity contribution in [1.82, 2.24) is 5.32 Å². The summed E-state index contributed by atoms with van der Waals surface area (Å²) in [6.45, 7) is 4.42. The third-order valence-electron chi connectivity index (χ3n) is 2.40. The molecule has 0 saturated carbocycles. The number of carbonyl (C=O) groups is 1. The van der Waals surface area contributed by atoms with Gasteiger partial charge in [0.1, 0.15) is 5.75 Å². The zero-order chi connectivity index (χ0) is 13.5. The van der Waals surface area contributed by atoms with E-state index in [0.717, 1.165) is 12.8 Å². The predicted octanol–water partition coefficient (Wildman–Crippen LogP) is 3.68. The summed E-state index contributed by atoms with van der Waals surface area (Å²) in [4.78, 5) is 11.7. The van der Waals surface area contributed by atoms with Gasteiger partial charge in [0.25, 0.3) is 5.91 Å². The van der Waals surface area contributed by atoms with E-state index in [4.69, 9.17) is 27.9 Å². The van der Waals surface area contributed by atoms with Crippen molar-refractivity contribution in [2.75, 3.05) is 6.54 Å². The van der Waals surface area contributed by atoms with Gasteiger partial charge in [0.15, 0.2) is 6.10 Å². The molecule has 0 fully saturated rings. The molecule has 1 rings (SSSR count). The number of hydrogen-bond acceptors (Lipinski definition) is 2. The average molecular weight is 290 g/mol. The molecule has 1 aromatic carbocycles. The fraction of sp³-hybridized carbons (Fsp3) is 0.462. The van der Waals surface area contributed by atoms with Gasteiger partial charge in [0, 0.05) is 11.6 Å². The predicted molar refractivity (Wildman–Crippen MR) is 74.5 cm³/mol. The quantitative estimate of drug-likeness (QED) is 0.812. The van der Waals surface area contributed by atoms with Crippen LogP contribution in [-0.2, 0) is 4.79 Å². The first-order chi connectivity index (χ1) is 8.54. The molecule has 0 spiro atoms. The molecule has 1 atom stereocenters. The minimum atomic E-state index is -0.583. The largest absolute Gasteiger partial charge is 0.479 e. The van der Waals surface area contributed by atoms with E-state index >= 15 is 0 Å². The van der Waals surface area contributed by atoms with Gasteiger partial charge in [-0.25, -0.2) is 0 Å². The maximum atomic E-state index is 11.7. The lowest BCUT2D eigenvalue weighted by Crippen LogP contribution is -2.36. The number of ether oxygens (including phenoxy) is 1. The summed E-state index contributed by atoms with van der Waals surface area (Å²) in [5, 5.41) is 3.73. The summed E-state index contributed by atoms with van der Waals surface area (Å²) in [7, 11) is 0. The van der Waals surface area contributed by atoms with Crippen LogP contribution in [0.1, 0.15) is 26.7 Å². The summed E-state index contributed by atoms with van der Waals surface area (Å²) in [5.74, 6) is 0.314. The molecule has 1 N–H and O–H groups in total. The van der Waals surface area contributed by atoms with Crippen molar-refractivity contribution in [3.63, 3.8) is 0 Å². The zero-order valence-corrected chi connectivity index (χ0v) is 12.0. The number of nitrogens with one attached hydrogen (secondary N) is 1. The number of unbranched alkanes of at least 4 members (excludes halogenated alkanes) is 1. The van der Waals surface area contributed by atoms with Crippen LogP contribution in [0, 0.1) is 0 Å². The standard InChI is InChI=1S/C13H17Cl2NO2/c1-3-4-7-16-13(17)9(2)18-12-6-5-10(14)8-11(12)15/h5-6,8-9H,3-4,7H2,1-2H3,(H,16,17)/t9-/m1/s1. The molecule has 1 aromatic rings. The van der Waals surface area contributed by atoms with Gasteiger partial charge in [-0.3, -0.25) is 4.79 Å². The summed E-state index contributed by atoms with van der Waals surface area (Å²) in [6.07, 6.45) is 1.42. The summed E-state index contributed by atoms with van der Waals surface area (Å²) in [5.41, 5.74) is 0. The second-order valence-corrected chi connectivity index (χ2v) is 4.82. The minimum Gasteiger partial charge on any atom is -0.479 e. The molecule has 0 saturated heterocycles. The number of carbonyl (C=O) groups excluding carboxylic acids is 1. The Kier molecular flexibility index (Phi) is 6.30. The highest BCUT2D eigenvalue weighted by molar-refractivity contribution is 6.35. The van der Waals surface area contributed by atoms with Crippen LogP contribution in [0.25, 0.3) is 0 Å². The smallest absolute Gasteiger partial charge is 0.260 e. The number of rotatable bonds is 6. The first-order valence-electron chi connectivity index (χ1n) is 5.94. The molecule has 5 heteroatoms. The van der Waals surface area contributed by atoms with Crippen LogP contribution in [0.2, 0.25) is 10.0 Å². The van der Waals surface area contributed by atoms with E-state index in [1.165, 1.54) is 0 Å². The van der Waals surface area contributed by atoms with E-state index in [9.17, 15) is 4.79 Å². The first-order valence-corrected chi connectivity index (χ1v) is 6.69. The van der Waals surface area contributed by atoms with Crippen LogP contribution < -0.4 is 10.1 Å². The van der Waals surface area contributed by atoms with E-state index in [-0.39, 0.29) is 5.91 Å². The van der Waals surface area contributed by atoms with Gasteiger partial charge >= 0.3 is 0 Å². The lowest BCUT2D eigenvalue weighted by Gasteiger charge is -2.15. The highest BCUT2D eigenvalue weighted by Gasteiger charge is 2.15. The molecular formula is C13H17Cl2NO2. The fourth-order valence-corrected chi connectivity index (χ4v) is 1.80. The molecule has 0 unspecified atom stereocenters. The molecule has 18 heavy (non-hydrogen) atoms. The van der Waals surface area contributed by atoms with Gasteiger partial charge in [-0.1, -0.05) is 36.5 Å². The molecule has 0 radical (unpaired) electrons. The lowest BCUT2D eigenvalue weighted by molar-refractivity contribution is -0.127. The molecular weight excluding hydrogens is 273 g/mol. The molecule has 3 nitrogen and oxygen atoms in total. The van der Waals surface area contributed by atoms with Crippen molar-refractivity contribution < 1.29 is 9.53 Å². The maximum absolute atomic E-state index is 11.7. The van der Waals surface area contributed by atoms with Crippen molar-refractivity contribution in [1.29, 1.82) is 0 Å². The van der Waals surface area contributed by atoms with Gasteiger partial charge in [-0.2, -0.15) is 0 Å². The Morgan fingerprint density at radius 1 is 1.44 bits per heavy atom. The third-order valence-corrected chi connectivity index (χ3v) is 2.93. The van der Waals surface area contributed by atoms with Gasteiger partial charge in [0.2, 0.25) is 0 Å². The number of halogens is 2. The third kappa shape index (κ3) is 4.75. The van der Waals surface area contributed by atoms with Gasteiger partial charge < -0.3 is 10.1 Å². The Balaban J connectivity index is 2.53. The number of benzene rings is 1. The summed E-state index contributed by atoms with van der Waals surface area (Å²) < 4.78 is 5.49. The normalized spacial score (nSPS) is 12.0. The Hall–Kier alpha value is -0.930. The van der Waals surface area contributed by atoms with E-state index in [2.05, 4.69) is 12.2 Å². The Morgan fingerprint density at radius 3 is 2.78 bits per heavy atom. The van der Waals surface area contributed by atoms with Crippen LogP contribution in [0.15, 0.2) is 18.2 Å². The highest BCUT2D eigenvalue weighted by Crippen LogP contribution is 2.28. The average Bonchev–Trinajstić information content (AvgIpc) is 2.32. The molecule has 0 heterocycles. The Labute approximate surface area is 117 Å². The fourth-order valence-electron chi connectivity index (χ4n) is 1.35. The van der Waals surface area contributed by atoms with Crippen LogP contribution >= 0.6 is 23.2 Å². The monoisotopic (exact) mass is 289 g/mol. The van der Waals surface area contributed by atoms with E-state index in [0.29, 0.717) is 22.3 Å². The Morgan fingerprint density at radius 2 is 2.17 bits per heavy atom. The summed E-state index contributed by atoms with van der Waals surface area (Å²) >= 11 is 11.7. The molecule has 1 amide bonds. The number of amides is 1. The van der Waals surface area contributed by atoms with E-state index in [1.807, 2.05) is 0 Å². The van der Waals surface area contributed by atoms with Crippen LogP contribution in [0.4, 0.5) is 0 Å². The topological polar surface area (TPSA) is 38.3 Å². The first kappa shape index (κ1) is 15.1. The van der Waals surface area contributed by atoms with Crippen molar-refractivity contribution in [2.24, 2.45) is 0 Å². The maximum Gasteiger partial charge on any atom is 0.260 e. The van der Waals surface area contributed by atoms with E-state index in [1.54, 1.807) is 25.1 Å². The minimum absolute atomic E-state index is 0.144. The van der Waals surface area contributed by atoms with E-state index < -0.39 is 6.10 Å². The zero-order valence-electron chi connectivity index (χ0n) is 10.5. The van der Waals surface area contributed by atoms with Crippen LogP contribution in [0.5, 0.6) is 5.75 Å². The second-order valence-electron chi connectivity index (χ2n) is 3.98. The van der Waals surface area contributed by atoms with Crippen molar-refractivity contribution in [2.45, 2.75) is 32.8 Å². The molecule has 0 aliphatic carbocycles. The second kappa shape index (κ2) is 7.49. The molecule has 100 valence electrons. The molecule has 0 aromatic heterocycles. The van der Waals surface area contributed by atoms with Crippen molar-refractivity contribution in [3.8, 4) is 5.75 Å². The SMILES string of the molecule is CCCCNC(=O)[C@@H](C)Oc1ccc(Cl)cc1Cl. The van der Waals surface area contributed by atoms with Crippen LogP contribution in [-0.4, -0.2) is 18.6 Å². The molecule has 0 aliphatic rings. The lowest BCUT2D eigenvalue weighted by atomic mass is 10.3.